The number of hydrogen-bond acceptors (Lipinski definition) is 7. The molecule has 0 radical (unpaired) electrons. The largest absolute Gasteiger partial charge is 0.462 e. The number of ether oxygens (including phenoxy) is 1. The Morgan fingerprint density at radius 3 is 2.47 bits per heavy atom. The highest BCUT2D eigenvalue weighted by Crippen LogP contribution is 2.36. The van der Waals surface area contributed by atoms with Gasteiger partial charge in [0.2, 0.25) is 0 Å². The van der Waals surface area contributed by atoms with Crippen molar-refractivity contribution in [3.05, 3.63) is 74.7 Å². The smallest absolute Gasteiger partial charge is 0.338 e. The van der Waals surface area contributed by atoms with Crippen molar-refractivity contribution < 1.29 is 19.2 Å². The highest BCUT2D eigenvalue weighted by Gasteiger charge is 2.33. The van der Waals surface area contributed by atoms with E-state index in [2.05, 4.69) is 0 Å². The average Bonchev–Trinajstić information content (AvgIpc) is 3.01. The van der Waals surface area contributed by atoms with Crippen LogP contribution in [0.4, 0.5) is 11.4 Å². The molecule has 0 atom stereocenters. The number of carbonyl (C=O) groups is 2. The molecule has 30 heavy (non-hydrogen) atoms. The fraction of sp³-hybridized carbons (Fsp3) is 0.190. The van der Waals surface area contributed by atoms with Gasteiger partial charge in [0.05, 0.1) is 27.7 Å². The first-order chi connectivity index (χ1) is 14.4. The number of thioether (sulfide) groups is 1. The number of nitrogens with zero attached hydrogens (tertiary/aromatic N) is 2. The van der Waals surface area contributed by atoms with Crippen molar-refractivity contribution in [1.29, 1.82) is 0 Å². The Hall–Kier alpha value is -3.04. The first-order valence-corrected chi connectivity index (χ1v) is 10.4. The minimum Gasteiger partial charge on any atom is -0.462 e. The monoisotopic (exact) mass is 442 g/mol. The Kier molecular flexibility index (Phi) is 6.96. The molecule has 2 aromatic carbocycles. The lowest BCUT2D eigenvalue weighted by atomic mass is 10.1. The van der Waals surface area contributed by atoms with Crippen molar-refractivity contribution in [2.24, 2.45) is 0 Å². The van der Waals surface area contributed by atoms with E-state index >= 15 is 0 Å². The summed E-state index contributed by atoms with van der Waals surface area (Å²) < 4.78 is 5.55. The number of esters is 1. The minimum absolute atomic E-state index is 0.0204. The molecule has 1 saturated heterocycles. The first-order valence-electron chi connectivity index (χ1n) is 9.20. The van der Waals surface area contributed by atoms with Crippen LogP contribution in [0.2, 0.25) is 0 Å². The lowest BCUT2D eigenvalue weighted by Gasteiger charge is -2.14. The highest BCUT2D eigenvalue weighted by atomic mass is 32.2. The van der Waals surface area contributed by atoms with Crippen molar-refractivity contribution in [2.45, 2.75) is 19.8 Å². The number of nitro groups is 1. The Balaban J connectivity index is 1.74. The van der Waals surface area contributed by atoms with Crippen LogP contribution in [0.15, 0.2) is 53.4 Å². The molecular weight excluding hydrogens is 424 g/mol. The Morgan fingerprint density at radius 1 is 1.20 bits per heavy atom. The maximum atomic E-state index is 12.8. The summed E-state index contributed by atoms with van der Waals surface area (Å²) in [5.41, 5.74) is 1.59. The molecule has 9 heteroatoms. The number of thiocarbonyl (C=S) groups is 1. The number of amides is 1. The summed E-state index contributed by atoms with van der Waals surface area (Å²) >= 11 is 6.50. The summed E-state index contributed by atoms with van der Waals surface area (Å²) in [5, 5.41) is 10.8. The van der Waals surface area contributed by atoms with Crippen molar-refractivity contribution in [2.75, 3.05) is 11.5 Å². The van der Waals surface area contributed by atoms with Crippen molar-refractivity contribution >= 4 is 57.6 Å². The second kappa shape index (κ2) is 9.64. The predicted molar refractivity (Wildman–Crippen MR) is 120 cm³/mol. The molecule has 1 heterocycles. The van der Waals surface area contributed by atoms with Crippen LogP contribution in [-0.2, 0) is 9.53 Å². The van der Waals surface area contributed by atoms with E-state index in [1.165, 1.54) is 17.0 Å². The molecule has 2 aromatic rings. The van der Waals surface area contributed by atoms with Crippen LogP contribution in [0.3, 0.4) is 0 Å². The number of hydrogen-bond donors (Lipinski definition) is 0. The molecule has 3 rings (SSSR count). The Bertz CT molecular complexity index is 1020. The summed E-state index contributed by atoms with van der Waals surface area (Å²) in [5.74, 6) is -0.694. The molecule has 7 nitrogen and oxygen atoms in total. The Labute approximate surface area is 182 Å². The standard InChI is InChI=1S/C21H18N2O5S2/c1-2-3-12-28-20(25)15-6-10-16(11-7-15)22-19(24)18(30-21(22)29)13-14-4-8-17(9-5-14)23(26)27/h4-11,13H,2-3,12H2,1H3/b18-13-. The van der Waals surface area contributed by atoms with Crippen LogP contribution in [0, 0.1) is 10.1 Å². The van der Waals surface area contributed by atoms with Crippen LogP contribution >= 0.6 is 24.0 Å². The van der Waals surface area contributed by atoms with Gasteiger partial charge in [0, 0.05) is 12.1 Å². The zero-order valence-corrected chi connectivity index (χ0v) is 17.7. The molecule has 1 aliphatic heterocycles. The van der Waals surface area contributed by atoms with E-state index in [1.54, 1.807) is 42.5 Å². The summed E-state index contributed by atoms with van der Waals surface area (Å²) in [6, 6.07) is 12.4. The maximum Gasteiger partial charge on any atom is 0.338 e. The lowest BCUT2D eigenvalue weighted by molar-refractivity contribution is -0.384. The molecule has 0 bridgehead atoms. The zero-order chi connectivity index (χ0) is 21.7. The zero-order valence-electron chi connectivity index (χ0n) is 16.1. The number of carbonyl (C=O) groups excluding carboxylic acids is 2. The number of nitro benzene ring substituents is 1. The second-order valence-corrected chi connectivity index (χ2v) is 8.08. The third-order valence-electron chi connectivity index (χ3n) is 4.29. The van der Waals surface area contributed by atoms with E-state index in [0.717, 1.165) is 24.6 Å². The molecule has 0 aliphatic carbocycles. The number of benzene rings is 2. The van der Waals surface area contributed by atoms with Crippen LogP contribution in [-0.4, -0.2) is 27.7 Å². The number of anilines is 1. The van der Waals surface area contributed by atoms with E-state index in [0.29, 0.717) is 32.6 Å². The van der Waals surface area contributed by atoms with Gasteiger partial charge in [-0.1, -0.05) is 37.3 Å². The van der Waals surface area contributed by atoms with Gasteiger partial charge in [-0.05, 0) is 54.5 Å². The van der Waals surface area contributed by atoms with Gasteiger partial charge in [0.15, 0.2) is 4.32 Å². The van der Waals surface area contributed by atoms with E-state index < -0.39 is 10.9 Å². The Morgan fingerprint density at radius 2 is 1.87 bits per heavy atom. The number of rotatable bonds is 7. The first kappa shape index (κ1) is 21.7. The van der Waals surface area contributed by atoms with Gasteiger partial charge in [-0.3, -0.25) is 19.8 Å². The third-order valence-corrected chi connectivity index (χ3v) is 5.59. The quantitative estimate of drug-likeness (QED) is 0.150. The van der Waals surface area contributed by atoms with Crippen LogP contribution in [0.25, 0.3) is 6.08 Å². The van der Waals surface area contributed by atoms with E-state index in [1.807, 2.05) is 6.92 Å². The number of unbranched alkanes of at least 4 members (excludes halogenated alkanes) is 1. The molecule has 1 amide bonds. The molecule has 154 valence electrons. The highest BCUT2D eigenvalue weighted by molar-refractivity contribution is 8.27. The lowest BCUT2D eigenvalue weighted by Crippen LogP contribution is -2.27. The van der Waals surface area contributed by atoms with Crippen LogP contribution in [0.5, 0.6) is 0 Å². The molecule has 0 spiro atoms. The van der Waals surface area contributed by atoms with Gasteiger partial charge in [-0.25, -0.2) is 4.79 Å². The molecule has 1 fully saturated rings. The molecule has 0 saturated carbocycles. The normalized spacial score (nSPS) is 15.0. The maximum absolute atomic E-state index is 12.8. The summed E-state index contributed by atoms with van der Waals surface area (Å²) in [6.45, 7) is 2.39. The number of non-ortho nitro benzene ring substituents is 1. The summed E-state index contributed by atoms with van der Waals surface area (Å²) in [4.78, 5) is 36.9. The fourth-order valence-electron chi connectivity index (χ4n) is 2.67. The molecule has 0 unspecified atom stereocenters. The van der Waals surface area contributed by atoms with E-state index in [9.17, 15) is 19.7 Å². The van der Waals surface area contributed by atoms with Gasteiger partial charge >= 0.3 is 5.97 Å². The SMILES string of the molecule is CCCCOC(=O)c1ccc(N2C(=O)/C(=C/c3ccc([N+](=O)[O-])cc3)SC2=S)cc1. The van der Waals surface area contributed by atoms with Gasteiger partial charge in [-0.2, -0.15) is 0 Å². The van der Waals surface area contributed by atoms with E-state index in [-0.39, 0.29) is 11.6 Å². The summed E-state index contributed by atoms with van der Waals surface area (Å²) in [7, 11) is 0. The van der Waals surface area contributed by atoms with Crippen LogP contribution < -0.4 is 4.90 Å². The molecule has 0 aromatic heterocycles. The second-order valence-electron chi connectivity index (χ2n) is 6.40. The van der Waals surface area contributed by atoms with Gasteiger partial charge < -0.3 is 4.74 Å². The van der Waals surface area contributed by atoms with Gasteiger partial charge in [0.1, 0.15) is 0 Å². The summed E-state index contributed by atoms with van der Waals surface area (Å²) in [6.07, 6.45) is 3.39. The predicted octanol–water partition coefficient (Wildman–Crippen LogP) is 4.96. The molecular formula is C21H18N2O5S2. The third kappa shape index (κ3) is 4.92. The van der Waals surface area contributed by atoms with Crippen molar-refractivity contribution in [1.82, 2.24) is 0 Å². The van der Waals surface area contributed by atoms with Crippen LogP contribution in [0.1, 0.15) is 35.7 Å². The average molecular weight is 443 g/mol. The molecule has 1 aliphatic rings. The van der Waals surface area contributed by atoms with Crippen molar-refractivity contribution in [3.8, 4) is 0 Å². The fourth-order valence-corrected chi connectivity index (χ4v) is 3.97. The van der Waals surface area contributed by atoms with Crippen molar-refractivity contribution in [3.63, 3.8) is 0 Å². The van der Waals surface area contributed by atoms with Gasteiger partial charge in [0.25, 0.3) is 11.6 Å². The minimum atomic E-state index is -0.480. The topological polar surface area (TPSA) is 89.8 Å². The van der Waals surface area contributed by atoms with Gasteiger partial charge in [-0.15, -0.1) is 0 Å². The van der Waals surface area contributed by atoms with E-state index in [4.69, 9.17) is 17.0 Å². The molecule has 0 N–H and O–H groups in total.